The van der Waals surface area contributed by atoms with Crippen LogP contribution in [0.4, 0.5) is 0 Å². The Kier molecular flexibility index (Phi) is 4.44. The molecule has 1 N–H and O–H groups in total. The maximum Gasteiger partial charge on any atom is 0.328 e. The zero-order chi connectivity index (χ0) is 13.7. The molecular weight excluding hydrogens is 244 g/mol. The molecule has 1 aromatic carbocycles. The average Bonchev–Trinajstić information content (AvgIpc) is 3.21. The molecule has 2 rings (SSSR count). The van der Waals surface area contributed by atoms with E-state index in [0.717, 1.165) is 24.0 Å². The lowest BCUT2D eigenvalue weighted by Crippen LogP contribution is -2.00. The normalized spacial score (nSPS) is 14.6. The number of methoxy groups -OCH3 is 1. The van der Waals surface area contributed by atoms with E-state index in [1.807, 2.05) is 0 Å². The van der Waals surface area contributed by atoms with E-state index in [2.05, 4.69) is 0 Å². The van der Waals surface area contributed by atoms with Gasteiger partial charge >= 0.3 is 5.97 Å². The molecule has 0 saturated heterocycles. The minimum atomic E-state index is -0.972. The molecule has 0 radical (unpaired) electrons. The number of carboxylic acids is 1. The lowest BCUT2D eigenvalue weighted by Gasteiger charge is -2.10. The standard InChI is InChI=1S/C15H18O4/c1-18-13-6-4-12(5-7-15(16)17)14(10-13)19-9-8-11-2-3-11/h4-7,10-11H,2-3,8-9H2,1H3,(H,16,17). The SMILES string of the molecule is COc1ccc(C=CC(=O)O)c(OCCC2CC2)c1. The Bertz CT molecular complexity index is 475. The summed E-state index contributed by atoms with van der Waals surface area (Å²) in [4.78, 5) is 10.6. The van der Waals surface area contributed by atoms with Gasteiger partial charge in [-0.05, 0) is 30.5 Å². The number of aliphatic carboxylic acids is 1. The smallest absolute Gasteiger partial charge is 0.328 e. The van der Waals surface area contributed by atoms with Crippen LogP contribution in [0.3, 0.4) is 0 Å². The Hall–Kier alpha value is -1.97. The summed E-state index contributed by atoms with van der Waals surface area (Å²) in [5.74, 6) is 1.20. The molecule has 0 heterocycles. The van der Waals surface area contributed by atoms with E-state index in [1.54, 1.807) is 25.3 Å². The van der Waals surface area contributed by atoms with Crippen molar-refractivity contribution in [1.82, 2.24) is 0 Å². The zero-order valence-corrected chi connectivity index (χ0v) is 11.0. The molecule has 4 nitrogen and oxygen atoms in total. The summed E-state index contributed by atoms with van der Waals surface area (Å²) >= 11 is 0. The van der Waals surface area contributed by atoms with E-state index in [4.69, 9.17) is 14.6 Å². The van der Waals surface area contributed by atoms with Gasteiger partial charge in [-0.3, -0.25) is 0 Å². The Balaban J connectivity index is 2.07. The minimum absolute atomic E-state index is 0.658. The molecule has 1 aliphatic rings. The van der Waals surface area contributed by atoms with Crippen LogP contribution in [0.25, 0.3) is 6.08 Å². The molecule has 0 atom stereocenters. The third-order valence-electron chi connectivity index (χ3n) is 3.11. The van der Waals surface area contributed by atoms with Crippen LogP contribution in [0.5, 0.6) is 11.5 Å². The molecule has 1 saturated carbocycles. The summed E-state index contributed by atoms with van der Waals surface area (Å²) in [6.45, 7) is 0.658. The van der Waals surface area contributed by atoms with Crippen molar-refractivity contribution < 1.29 is 19.4 Å². The van der Waals surface area contributed by atoms with Gasteiger partial charge in [0.1, 0.15) is 11.5 Å². The molecule has 0 unspecified atom stereocenters. The predicted octanol–water partition coefficient (Wildman–Crippen LogP) is 2.97. The van der Waals surface area contributed by atoms with Crippen molar-refractivity contribution in [3.05, 3.63) is 29.8 Å². The van der Waals surface area contributed by atoms with Crippen LogP contribution >= 0.6 is 0 Å². The van der Waals surface area contributed by atoms with Crippen LogP contribution in [0.1, 0.15) is 24.8 Å². The number of carbonyl (C=O) groups is 1. The van der Waals surface area contributed by atoms with Gasteiger partial charge < -0.3 is 14.6 Å². The van der Waals surface area contributed by atoms with Gasteiger partial charge in [-0.25, -0.2) is 4.79 Å². The van der Waals surface area contributed by atoms with Crippen LogP contribution in [-0.4, -0.2) is 24.8 Å². The summed E-state index contributed by atoms with van der Waals surface area (Å²) in [5, 5.41) is 8.67. The highest BCUT2D eigenvalue weighted by molar-refractivity contribution is 5.86. The summed E-state index contributed by atoms with van der Waals surface area (Å²) in [5.41, 5.74) is 0.749. The second-order valence-electron chi connectivity index (χ2n) is 4.66. The van der Waals surface area contributed by atoms with Gasteiger partial charge in [0.25, 0.3) is 0 Å². The molecule has 1 aromatic rings. The zero-order valence-electron chi connectivity index (χ0n) is 11.0. The molecule has 0 aromatic heterocycles. The van der Waals surface area contributed by atoms with E-state index < -0.39 is 5.97 Å². The second kappa shape index (κ2) is 6.27. The second-order valence-corrected chi connectivity index (χ2v) is 4.66. The maximum atomic E-state index is 10.6. The van der Waals surface area contributed by atoms with Gasteiger partial charge in [0.2, 0.25) is 0 Å². The highest BCUT2D eigenvalue weighted by atomic mass is 16.5. The molecule has 102 valence electrons. The number of rotatable bonds is 7. The molecular formula is C15H18O4. The Morgan fingerprint density at radius 3 is 2.89 bits per heavy atom. The summed E-state index contributed by atoms with van der Waals surface area (Å²) in [7, 11) is 1.59. The van der Waals surface area contributed by atoms with Gasteiger partial charge in [0.15, 0.2) is 0 Å². The van der Waals surface area contributed by atoms with Crippen molar-refractivity contribution in [3.8, 4) is 11.5 Å². The topological polar surface area (TPSA) is 55.8 Å². The maximum absolute atomic E-state index is 10.6. The average molecular weight is 262 g/mol. The highest BCUT2D eigenvalue weighted by Gasteiger charge is 2.20. The Morgan fingerprint density at radius 2 is 2.26 bits per heavy atom. The van der Waals surface area contributed by atoms with E-state index in [9.17, 15) is 4.79 Å². The van der Waals surface area contributed by atoms with Crippen LogP contribution in [-0.2, 0) is 4.79 Å². The summed E-state index contributed by atoms with van der Waals surface area (Å²) in [6, 6.07) is 5.37. The van der Waals surface area contributed by atoms with E-state index in [-0.39, 0.29) is 0 Å². The van der Waals surface area contributed by atoms with Gasteiger partial charge in [0, 0.05) is 17.7 Å². The van der Waals surface area contributed by atoms with Crippen molar-refractivity contribution in [3.63, 3.8) is 0 Å². The summed E-state index contributed by atoms with van der Waals surface area (Å²) in [6.07, 6.45) is 6.30. The fourth-order valence-corrected chi connectivity index (χ4v) is 1.81. The van der Waals surface area contributed by atoms with Crippen molar-refractivity contribution in [1.29, 1.82) is 0 Å². The van der Waals surface area contributed by atoms with Crippen molar-refractivity contribution in [2.24, 2.45) is 5.92 Å². The predicted molar refractivity (Wildman–Crippen MR) is 72.5 cm³/mol. The molecule has 0 spiro atoms. The first kappa shape index (κ1) is 13.5. The molecule has 0 bridgehead atoms. The van der Waals surface area contributed by atoms with Gasteiger partial charge in [-0.2, -0.15) is 0 Å². The highest BCUT2D eigenvalue weighted by Crippen LogP contribution is 2.33. The lowest BCUT2D eigenvalue weighted by atomic mass is 10.1. The number of benzene rings is 1. The van der Waals surface area contributed by atoms with Crippen LogP contribution in [0.2, 0.25) is 0 Å². The van der Waals surface area contributed by atoms with Gasteiger partial charge in [-0.15, -0.1) is 0 Å². The molecule has 4 heteroatoms. The number of hydrogen-bond donors (Lipinski definition) is 1. The first-order chi connectivity index (χ1) is 9.19. The molecule has 19 heavy (non-hydrogen) atoms. The molecule has 0 aliphatic heterocycles. The van der Waals surface area contributed by atoms with Gasteiger partial charge in [0.05, 0.1) is 13.7 Å². The third kappa shape index (κ3) is 4.32. The van der Waals surface area contributed by atoms with E-state index in [0.29, 0.717) is 18.1 Å². The Labute approximate surface area is 112 Å². The molecule has 1 aliphatic carbocycles. The lowest BCUT2D eigenvalue weighted by molar-refractivity contribution is -0.131. The quantitative estimate of drug-likeness (QED) is 0.767. The van der Waals surface area contributed by atoms with Crippen molar-refractivity contribution in [2.75, 3.05) is 13.7 Å². The number of carboxylic acid groups (broad SMARTS) is 1. The van der Waals surface area contributed by atoms with Crippen LogP contribution in [0.15, 0.2) is 24.3 Å². The Morgan fingerprint density at radius 1 is 1.47 bits per heavy atom. The fraction of sp³-hybridized carbons (Fsp3) is 0.400. The van der Waals surface area contributed by atoms with Gasteiger partial charge in [-0.1, -0.05) is 12.8 Å². The van der Waals surface area contributed by atoms with Crippen LogP contribution in [0, 0.1) is 5.92 Å². The largest absolute Gasteiger partial charge is 0.497 e. The summed E-state index contributed by atoms with van der Waals surface area (Å²) < 4.78 is 10.9. The van der Waals surface area contributed by atoms with Crippen molar-refractivity contribution in [2.45, 2.75) is 19.3 Å². The third-order valence-corrected chi connectivity index (χ3v) is 3.11. The first-order valence-corrected chi connectivity index (χ1v) is 6.41. The van der Waals surface area contributed by atoms with Crippen LogP contribution < -0.4 is 9.47 Å². The monoisotopic (exact) mass is 262 g/mol. The van der Waals surface area contributed by atoms with E-state index in [1.165, 1.54) is 18.9 Å². The number of ether oxygens (including phenoxy) is 2. The number of hydrogen-bond acceptors (Lipinski definition) is 3. The molecule has 0 amide bonds. The van der Waals surface area contributed by atoms with E-state index >= 15 is 0 Å². The fourth-order valence-electron chi connectivity index (χ4n) is 1.81. The molecule has 1 fully saturated rings. The first-order valence-electron chi connectivity index (χ1n) is 6.41. The minimum Gasteiger partial charge on any atom is -0.497 e. The van der Waals surface area contributed by atoms with Crippen molar-refractivity contribution >= 4 is 12.0 Å².